The maximum Gasteiger partial charge on any atom is 0.243 e. The first-order chi connectivity index (χ1) is 14.3. The molecule has 0 radical (unpaired) electrons. The topological polar surface area (TPSA) is 96.5 Å². The Balaban J connectivity index is 1.70. The van der Waals surface area contributed by atoms with Crippen LogP contribution in [0.25, 0.3) is 0 Å². The van der Waals surface area contributed by atoms with Gasteiger partial charge in [-0.1, -0.05) is 26.0 Å². The number of aryl methyl sites for hydroxylation is 2. The van der Waals surface area contributed by atoms with E-state index in [-0.39, 0.29) is 30.2 Å². The average molecular weight is 412 g/mol. The molecule has 0 aliphatic carbocycles. The summed E-state index contributed by atoms with van der Waals surface area (Å²) in [6.07, 6.45) is 0.245. The van der Waals surface area contributed by atoms with E-state index in [0.29, 0.717) is 23.9 Å². The summed E-state index contributed by atoms with van der Waals surface area (Å²) in [6.45, 7) is 8.10. The van der Waals surface area contributed by atoms with Crippen LogP contribution in [-0.2, 0) is 9.59 Å². The molecule has 2 heterocycles. The van der Waals surface area contributed by atoms with Crippen molar-refractivity contribution in [1.29, 1.82) is 0 Å². The molecular weight excluding hydrogens is 382 g/mol. The van der Waals surface area contributed by atoms with Crippen LogP contribution in [0.4, 0.5) is 11.6 Å². The molecule has 0 saturated carbocycles. The van der Waals surface area contributed by atoms with Gasteiger partial charge < -0.3 is 20.3 Å². The number of methoxy groups -OCH3 is 1. The Labute approximate surface area is 177 Å². The van der Waals surface area contributed by atoms with Gasteiger partial charge in [-0.25, -0.2) is 9.97 Å². The van der Waals surface area contributed by atoms with Crippen LogP contribution in [0.5, 0.6) is 5.75 Å². The molecule has 3 rings (SSSR count). The summed E-state index contributed by atoms with van der Waals surface area (Å²) in [5.41, 5.74) is 2.38. The Morgan fingerprint density at radius 3 is 2.50 bits per heavy atom. The predicted octanol–water partition coefficient (Wildman–Crippen LogP) is 2.46. The third kappa shape index (κ3) is 4.87. The van der Waals surface area contributed by atoms with E-state index >= 15 is 0 Å². The lowest BCUT2D eigenvalue weighted by Crippen LogP contribution is -2.48. The Morgan fingerprint density at radius 2 is 1.87 bits per heavy atom. The van der Waals surface area contributed by atoms with E-state index in [1.165, 1.54) is 0 Å². The molecular formula is C22H29N5O3. The van der Waals surface area contributed by atoms with Crippen molar-refractivity contribution in [3.63, 3.8) is 0 Å². The van der Waals surface area contributed by atoms with Gasteiger partial charge in [-0.15, -0.1) is 0 Å². The van der Waals surface area contributed by atoms with E-state index in [2.05, 4.69) is 20.6 Å². The molecule has 1 aromatic carbocycles. The lowest BCUT2D eigenvalue weighted by Gasteiger charge is -2.24. The fourth-order valence-electron chi connectivity index (χ4n) is 3.65. The van der Waals surface area contributed by atoms with Gasteiger partial charge in [0.05, 0.1) is 18.8 Å². The number of nitrogens with one attached hydrogen (secondary N) is 2. The third-order valence-electron chi connectivity index (χ3n) is 5.06. The lowest BCUT2D eigenvalue weighted by molar-refractivity contribution is -0.123. The first-order valence-electron chi connectivity index (χ1n) is 10.1. The van der Waals surface area contributed by atoms with Gasteiger partial charge in [0.1, 0.15) is 11.8 Å². The molecule has 1 aromatic heterocycles. The van der Waals surface area contributed by atoms with Crippen molar-refractivity contribution in [2.24, 2.45) is 5.92 Å². The number of nitrogens with zero attached hydrogens (tertiary/aromatic N) is 3. The van der Waals surface area contributed by atoms with Crippen molar-refractivity contribution in [3.05, 3.63) is 41.7 Å². The molecule has 1 fully saturated rings. The Morgan fingerprint density at radius 1 is 1.20 bits per heavy atom. The monoisotopic (exact) mass is 411 g/mol. The van der Waals surface area contributed by atoms with E-state index in [4.69, 9.17) is 4.74 Å². The molecule has 8 heteroatoms. The van der Waals surface area contributed by atoms with Crippen molar-refractivity contribution in [2.45, 2.75) is 46.2 Å². The first kappa shape index (κ1) is 21.5. The fourth-order valence-corrected chi connectivity index (χ4v) is 3.65. The van der Waals surface area contributed by atoms with E-state index in [1.807, 2.05) is 58.0 Å². The van der Waals surface area contributed by atoms with Gasteiger partial charge >= 0.3 is 0 Å². The van der Waals surface area contributed by atoms with Crippen molar-refractivity contribution in [3.8, 4) is 5.75 Å². The van der Waals surface area contributed by atoms with Crippen LogP contribution >= 0.6 is 0 Å². The molecule has 2 N–H and O–H groups in total. The second kappa shape index (κ2) is 9.11. The molecule has 1 aliphatic heterocycles. The molecule has 1 aliphatic rings. The second-order valence-corrected chi connectivity index (χ2v) is 7.93. The number of carbonyl (C=O) groups is 2. The number of benzene rings is 1. The van der Waals surface area contributed by atoms with Crippen LogP contribution < -0.4 is 20.3 Å². The predicted molar refractivity (Wildman–Crippen MR) is 116 cm³/mol. The van der Waals surface area contributed by atoms with Gasteiger partial charge in [-0.05, 0) is 38.0 Å². The molecule has 160 valence electrons. The SMILES string of the molecule is COc1ccccc1N1C[C@@H](NC(=O)[C@H](Nc2nc(C)cc(C)n2)C(C)C)CC1=O. The van der Waals surface area contributed by atoms with Crippen molar-refractivity contribution >= 4 is 23.5 Å². The van der Waals surface area contributed by atoms with Crippen LogP contribution in [0, 0.1) is 19.8 Å². The zero-order valence-corrected chi connectivity index (χ0v) is 18.1. The summed E-state index contributed by atoms with van der Waals surface area (Å²) < 4.78 is 5.37. The maximum absolute atomic E-state index is 13.0. The maximum atomic E-state index is 13.0. The minimum atomic E-state index is -0.512. The van der Waals surface area contributed by atoms with Crippen LogP contribution in [0.3, 0.4) is 0 Å². The molecule has 0 bridgehead atoms. The van der Waals surface area contributed by atoms with E-state index in [1.54, 1.807) is 12.0 Å². The number of anilines is 2. The van der Waals surface area contributed by atoms with Gasteiger partial charge in [-0.3, -0.25) is 9.59 Å². The molecule has 2 amide bonds. The van der Waals surface area contributed by atoms with Crippen molar-refractivity contribution in [2.75, 3.05) is 23.9 Å². The number of amides is 2. The molecule has 0 spiro atoms. The van der Waals surface area contributed by atoms with Gasteiger partial charge in [0.2, 0.25) is 17.8 Å². The van der Waals surface area contributed by atoms with Crippen molar-refractivity contribution in [1.82, 2.24) is 15.3 Å². The number of rotatable bonds is 7. The Kier molecular flexibility index (Phi) is 6.54. The first-order valence-corrected chi connectivity index (χ1v) is 10.1. The quantitative estimate of drug-likeness (QED) is 0.727. The molecule has 30 heavy (non-hydrogen) atoms. The van der Waals surface area contributed by atoms with Gasteiger partial charge in [-0.2, -0.15) is 0 Å². The zero-order valence-electron chi connectivity index (χ0n) is 18.1. The zero-order chi connectivity index (χ0) is 21.8. The number of hydrogen-bond donors (Lipinski definition) is 2. The highest BCUT2D eigenvalue weighted by molar-refractivity contribution is 5.98. The molecule has 1 saturated heterocycles. The minimum Gasteiger partial charge on any atom is -0.495 e. The molecule has 2 atom stereocenters. The Hall–Kier alpha value is -3.16. The van der Waals surface area contributed by atoms with Crippen molar-refractivity contribution < 1.29 is 14.3 Å². The number of aromatic nitrogens is 2. The van der Waals surface area contributed by atoms with Crippen LogP contribution in [-0.4, -0.2) is 47.5 Å². The highest BCUT2D eigenvalue weighted by atomic mass is 16.5. The highest BCUT2D eigenvalue weighted by Crippen LogP contribution is 2.31. The average Bonchev–Trinajstić information content (AvgIpc) is 3.04. The number of hydrogen-bond acceptors (Lipinski definition) is 6. The second-order valence-electron chi connectivity index (χ2n) is 7.93. The molecule has 0 unspecified atom stereocenters. The number of carbonyl (C=O) groups excluding carboxylic acids is 2. The van der Waals surface area contributed by atoms with Gasteiger partial charge in [0, 0.05) is 24.4 Å². The summed E-state index contributed by atoms with van der Waals surface area (Å²) in [7, 11) is 1.58. The summed E-state index contributed by atoms with van der Waals surface area (Å²) >= 11 is 0. The largest absolute Gasteiger partial charge is 0.495 e. The standard InChI is InChI=1S/C22H29N5O3/c1-13(2)20(26-22-23-14(3)10-15(4)24-22)21(29)25-16-11-19(28)27(12-16)17-8-6-7-9-18(17)30-5/h6-10,13,16,20H,11-12H2,1-5H3,(H,25,29)(H,23,24,26)/t16-,20+/m0/s1. The highest BCUT2D eigenvalue weighted by Gasteiger charge is 2.34. The van der Waals surface area contributed by atoms with Gasteiger partial charge in [0.25, 0.3) is 0 Å². The van der Waals surface area contributed by atoms with Crippen LogP contribution in [0.1, 0.15) is 31.7 Å². The number of ether oxygens (including phenoxy) is 1. The Bertz CT molecular complexity index is 910. The smallest absolute Gasteiger partial charge is 0.243 e. The number of para-hydroxylation sites is 2. The lowest BCUT2D eigenvalue weighted by atomic mass is 10.0. The van der Waals surface area contributed by atoms with Gasteiger partial charge in [0.15, 0.2) is 0 Å². The minimum absolute atomic E-state index is 0.0110. The summed E-state index contributed by atoms with van der Waals surface area (Å²) in [6, 6.07) is 8.47. The normalized spacial score (nSPS) is 17.2. The van der Waals surface area contributed by atoms with E-state index < -0.39 is 6.04 Å². The van der Waals surface area contributed by atoms with Crippen LogP contribution in [0.15, 0.2) is 30.3 Å². The van der Waals surface area contributed by atoms with E-state index in [0.717, 1.165) is 11.4 Å². The van der Waals surface area contributed by atoms with E-state index in [9.17, 15) is 9.59 Å². The molecule has 2 aromatic rings. The van der Waals surface area contributed by atoms with Crippen LogP contribution in [0.2, 0.25) is 0 Å². The summed E-state index contributed by atoms with van der Waals surface area (Å²) in [5.74, 6) is 0.854. The summed E-state index contributed by atoms with van der Waals surface area (Å²) in [5, 5.41) is 6.17. The fraction of sp³-hybridized carbons (Fsp3) is 0.455. The third-order valence-corrected chi connectivity index (χ3v) is 5.06. The molecule has 8 nitrogen and oxygen atoms in total. The summed E-state index contributed by atoms with van der Waals surface area (Å²) in [4.78, 5) is 36.0.